The molecule has 0 radical (unpaired) electrons. The Hall–Kier alpha value is -1.90. The minimum absolute atomic E-state index is 0.113. The molecule has 0 saturated heterocycles. The second-order valence-corrected chi connectivity index (χ2v) is 7.70. The summed E-state index contributed by atoms with van der Waals surface area (Å²) >= 11 is 1.12. The van der Waals surface area contributed by atoms with Crippen molar-refractivity contribution in [2.45, 2.75) is 10.3 Å². The molecular weight excluding hydrogens is 324 g/mol. The third-order valence-corrected chi connectivity index (χ3v) is 6.14. The number of nitrogens with zero attached hydrogens (tertiary/aromatic N) is 1. The Morgan fingerprint density at radius 3 is 2.77 bits per heavy atom. The number of fused-ring (bicyclic) bond motifs is 1. The lowest BCUT2D eigenvalue weighted by molar-refractivity contribution is -0.125. The molecule has 1 unspecified atom stereocenters. The van der Waals surface area contributed by atoms with Gasteiger partial charge in [0.05, 0.1) is 12.2 Å². The highest BCUT2D eigenvalue weighted by molar-refractivity contribution is 7.91. The summed E-state index contributed by atoms with van der Waals surface area (Å²) in [5, 5.41) is 1.68. The van der Waals surface area contributed by atoms with E-state index >= 15 is 0 Å². The number of sulfonamides is 1. The Balaban J connectivity index is 1.76. The molecule has 2 aromatic rings. The first-order valence-electron chi connectivity index (χ1n) is 6.55. The van der Waals surface area contributed by atoms with Crippen molar-refractivity contribution < 1.29 is 17.9 Å². The molecule has 0 aliphatic carbocycles. The maximum atomic E-state index is 12.3. The fourth-order valence-electron chi connectivity index (χ4n) is 2.17. The van der Waals surface area contributed by atoms with Crippen molar-refractivity contribution in [1.29, 1.82) is 0 Å². The van der Waals surface area contributed by atoms with Crippen LogP contribution in [0.15, 0.2) is 46.0 Å². The van der Waals surface area contributed by atoms with E-state index in [2.05, 4.69) is 4.72 Å². The van der Waals surface area contributed by atoms with E-state index in [1.54, 1.807) is 36.7 Å². The van der Waals surface area contributed by atoms with Gasteiger partial charge in [0.15, 0.2) is 6.10 Å². The molecule has 8 heteroatoms. The van der Waals surface area contributed by atoms with E-state index in [0.29, 0.717) is 11.4 Å². The summed E-state index contributed by atoms with van der Waals surface area (Å²) in [5.74, 6) is 0.275. The fraction of sp³-hybridized carbons (Fsp3) is 0.214. The molecule has 0 spiro atoms. The normalized spacial score (nSPS) is 18.0. The van der Waals surface area contributed by atoms with Gasteiger partial charge in [-0.25, -0.2) is 13.1 Å². The lowest BCUT2D eigenvalue weighted by atomic mass is 10.2. The summed E-state index contributed by atoms with van der Waals surface area (Å²) in [4.78, 5) is 13.7. The van der Waals surface area contributed by atoms with Crippen LogP contribution in [0.2, 0.25) is 0 Å². The topological polar surface area (TPSA) is 75.7 Å². The Bertz CT molecular complexity index is 787. The lowest BCUT2D eigenvalue weighted by Gasteiger charge is -2.31. The van der Waals surface area contributed by atoms with Crippen LogP contribution in [0.25, 0.3) is 0 Å². The first-order chi connectivity index (χ1) is 10.5. The molecule has 1 atom stereocenters. The van der Waals surface area contributed by atoms with Crippen LogP contribution in [0.3, 0.4) is 0 Å². The number of carbonyl (C=O) groups is 1. The standard InChI is InChI=1S/C14H14N2O4S2/c1-16-10-5-2-3-6-11(10)20-12(14(16)17)9-15-22(18,19)13-7-4-8-21-13/h2-8,12,15H,9H2,1H3. The van der Waals surface area contributed by atoms with E-state index < -0.39 is 16.1 Å². The van der Waals surface area contributed by atoms with Crippen LogP contribution < -0.4 is 14.4 Å². The first-order valence-corrected chi connectivity index (χ1v) is 8.92. The van der Waals surface area contributed by atoms with Gasteiger partial charge in [-0.15, -0.1) is 11.3 Å². The highest BCUT2D eigenvalue weighted by Crippen LogP contribution is 2.32. The summed E-state index contributed by atoms with van der Waals surface area (Å²) in [6.07, 6.45) is -0.880. The summed E-state index contributed by atoms with van der Waals surface area (Å²) < 4.78 is 32.4. The molecule has 0 bridgehead atoms. The van der Waals surface area contributed by atoms with E-state index in [0.717, 1.165) is 11.3 Å². The number of hydrogen-bond donors (Lipinski definition) is 1. The molecule has 116 valence electrons. The number of nitrogens with one attached hydrogen (secondary N) is 1. The predicted molar refractivity (Wildman–Crippen MR) is 83.8 cm³/mol. The van der Waals surface area contributed by atoms with Crippen LogP contribution in [0.4, 0.5) is 5.69 Å². The molecule has 1 aliphatic heterocycles. The first kappa shape index (κ1) is 15.0. The molecule has 3 rings (SSSR count). The van der Waals surface area contributed by atoms with Crippen molar-refractivity contribution in [3.05, 3.63) is 41.8 Å². The number of benzene rings is 1. The van der Waals surface area contributed by atoms with Crippen LogP contribution in [0.1, 0.15) is 0 Å². The van der Waals surface area contributed by atoms with Crippen LogP contribution in [-0.2, 0) is 14.8 Å². The molecule has 1 aromatic carbocycles. The van der Waals surface area contributed by atoms with Gasteiger partial charge < -0.3 is 9.64 Å². The van der Waals surface area contributed by atoms with Crippen molar-refractivity contribution in [2.24, 2.45) is 0 Å². The van der Waals surface area contributed by atoms with Gasteiger partial charge in [0.25, 0.3) is 5.91 Å². The number of anilines is 1. The zero-order chi connectivity index (χ0) is 15.7. The van der Waals surface area contributed by atoms with Gasteiger partial charge in [-0.3, -0.25) is 4.79 Å². The molecule has 22 heavy (non-hydrogen) atoms. The van der Waals surface area contributed by atoms with Gasteiger partial charge in [0.1, 0.15) is 9.96 Å². The largest absolute Gasteiger partial charge is 0.477 e. The molecule has 1 N–H and O–H groups in total. The summed E-state index contributed by atoms with van der Waals surface area (Å²) in [6, 6.07) is 10.3. The molecule has 0 fully saturated rings. The van der Waals surface area contributed by atoms with Crippen LogP contribution in [-0.4, -0.2) is 34.0 Å². The number of likely N-dealkylation sites (N-methyl/N-ethyl adjacent to an activating group) is 1. The van der Waals surface area contributed by atoms with E-state index in [4.69, 9.17) is 4.74 Å². The SMILES string of the molecule is CN1C(=O)C(CNS(=O)(=O)c2cccs2)Oc2ccccc21. The smallest absolute Gasteiger partial charge is 0.269 e. The number of amides is 1. The summed E-state index contributed by atoms with van der Waals surface area (Å²) in [5.41, 5.74) is 0.671. The van der Waals surface area contributed by atoms with E-state index in [-0.39, 0.29) is 16.7 Å². The number of thiophene rings is 1. The van der Waals surface area contributed by atoms with Gasteiger partial charge in [0.2, 0.25) is 10.0 Å². The Morgan fingerprint density at radius 2 is 2.05 bits per heavy atom. The number of carbonyl (C=O) groups excluding carboxylic acids is 1. The van der Waals surface area contributed by atoms with Gasteiger partial charge in [0, 0.05) is 7.05 Å². The highest BCUT2D eigenvalue weighted by atomic mass is 32.2. The van der Waals surface area contributed by atoms with Gasteiger partial charge >= 0.3 is 0 Å². The van der Waals surface area contributed by atoms with Crippen LogP contribution in [0, 0.1) is 0 Å². The van der Waals surface area contributed by atoms with E-state index in [9.17, 15) is 13.2 Å². The minimum atomic E-state index is -3.62. The zero-order valence-electron chi connectivity index (χ0n) is 11.7. The Labute approximate surface area is 132 Å². The van der Waals surface area contributed by atoms with Gasteiger partial charge in [-0.1, -0.05) is 18.2 Å². The number of para-hydroxylation sites is 2. The highest BCUT2D eigenvalue weighted by Gasteiger charge is 2.33. The molecule has 0 saturated carbocycles. The Kier molecular flexibility index (Phi) is 3.90. The minimum Gasteiger partial charge on any atom is -0.477 e. The maximum absolute atomic E-state index is 12.3. The molecule has 2 heterocycles. The lowest BCUT2D eigenvalue weighted by Crippen LogP contribution is -2.49. The number of ether oxygens (including phenoxy) is 1. The predicted octanol–water partition coefficient (Wildman–Crippen LogP) is 1.45. The van der Waals surface area contributed by atoms with Gasteiger partial charge in [-0.2, -0.15) is 0 Å². The summed E-state index contributed by atoms with van der Waals surface area (Å²) in [7, 11) is -1.97. The quantitative estimate of drug-likeness (QED) is 0.915. The van der Waals surface area contributed by atoms with Crippen molar-refractivity contribution in [1.82, 2.24) is 4.72 Å². The monoisotopic (exact) mass is 338 g/mol. The number of rotatable bonds is 4. The van der Waals surface area contributed by atoms with E-state index in [1.165, 1.54) is 11.0 Å². The maximum Gasteiger partial charge on any atom is 0.269 e. The summed E-state index contributed by atoms with van der Waals surface area (Å²) in [6.45, 7) is -0.113. The van der Waals surface area contributed by atoms with Crippen LogP contribution >= 0.6 is 11.3 Å². The second kappa shape index (κ2) is 5.71. The molecule has 1 amide bonds. The van der Waals surface area contributed by atoms with Gasteiger partial charge in [-0.05, 0) is 23.6 Å². The molecule has 1 aromatic heterocycles. The molecule has 6 nitrogen and oxygen atoms in total. The third-order valence-electron chi connectivity index (χ3n) is 3.32. The van der Waals surface area contributed by atoms with Crippen LogP contribution in [0.5, 0.6) is 5.75 Å². The zero-order valence-corrected chi connectivity index (χ0v) is 13.4. The van der Waals surface area contributed by atoms with E-state index in [1.807, 2.05) is 6.07 Å². The number of hydrogen-bond acceptors (Lipinski definition) is 5. The second-order valence-electron chi connectivity index (χ2n) is 4.76. The fourth-order valence-corrected chi connectivity index (χ4v) is 4.24. The van der Waals surface area contributed by atoms with Crippen molar-refractivity contribution in [2.75, 3.05) is 18.5 Å². The Morgan fingerprint density at radius 1 is 1.27 bits per heavy atom. The molecule has 1 aliphatic rings. The molecular formula is C14H14N2O4S2. The average molecular weight is 338 g/mol. The van der Waals surface area contributed by atoms with Crippen molar-refractivity contribution in [3.8, 4) is 5.75 Å². The van der Waals surface area contributed by atoms with Crippen molar-refractivity contribution >= 4 is 33.0 Å². The van der Waals surface area contributed by atoms with Crippen molar-refractivity contribution in [3.63, 3.8) is 0 Å². The average Bonchev–Trinajstić information content (AvgIpc) is 3.05. The third kappa shape index (κ3) is 2.72.